The smallest absolute Gasteiger partial charge is 0.269 e. The number of benzene rings is 1. The SMILES string of the molecule is O=c1[nH]c(NCC2CCCO2)nc2nccc(-c3ccc([N+](=O)[O-])cc3)c12. The summed E-state index contributed by atoms with van der Waals surface area (Å²) in [5.41, 5.74) is 1.28. The molecule has 1 atom stereocenters. The number of fused-ring (bicyclic) bond motifs is 1. The second-order valence-corrected chi connectivity index (χ2v) is 6.29. The number of nitrogens with zero attached hydrogens (tertiary/aromatic N) is 3. The van der Waals surface area contributed by atoms with Crippen LogP contribution in [-0.2, 0) is 4.74 Å². The fraction of sp³-hybridized carbons (Fsp3) is 0.278. The van der Waals surface area contributed by atoms with Crippen LogP contribution in [0.4, 0.5) is 11.6 Å². The zero-order chi connectivity index (χ0) is 18.8. The molecule has 1 aliphatic heterocycles. The molecule has 9 heteroatoms. The van der Waals surface area contributed by atoms with E-state index in [9.17, 15) is 14.9 Å². The average Bonchev–Trinajstić information content (AvgIpc) is 3.19. The van der Waals surface area contributed by atoms with Crippen molar-refractivity contribution in [1.82, 2.24) is 15.0 Å². The summed E-state index contributed by atoms with van der Waals surface area (Å²) in [7, 11) is 0. The quantitative estimate of drug-likeness (QED) is 0.524. The Bertz CT molecular complexity index is 1040. The van der Waals surface area contributed by atoms with Gasteiger partial charge in [0.25, 0.3) is 11.2 Å². The number of nitrogens with one attached hydrogen (secondary N) is 2. The second kappa shape index (κ2) is 7.12. The highest BCUT2D eigenvalue weighted by atomic mass is 16.6. The zero-order valence-electron chi connectivity index (χ0n) is 14.3. The number of pyridine rings is 1. The molecule has 9 nitrogen and oxygen atoms in total. The number of aromatic amines is 1. The van der Waals surface area contributed by atoms with E-state index in [2.05, 4.69) is 20.3 Å². The van der Waals surface area contributed by atoms with E-state index in [0.29, 0.717) is 34.7 Å². The molecule has 3 heterocycles. The number of nitro benzene ring substituents is 1. The minimum atomic E-state index is -0.463. The molecule has 0 spiro atoms. The lowest BCUT2D eigenvalue weighted by molar-refractivity contribution is -0.384. The number of hydrogen-bond acceptors (Lipinski definition) is 7. The lowest BCUT2D eigenvalue weighted by Gasteiger charge is -2.12. The number of nitro groups is 1. The van der Waals surface area contributed by atoms with Crippen molar-refractivity contribution in [3.05, 3.63) is 57.0 Å². The first kappa shape index (κ1) is 17.1. The molecule has 4 rings (SSSR count). The van der Waals surface area contributed by atoms with Gasteiger partial charge in [-0.3, -0.25) is 19.9 Å². The number of non-ortho nitro benzene ring substituents is 1. The van der Waals surface area contributed by atoms with E-state index in [1.165, 1.54) is 12.1 Å². The van der Waals surface area contributed by atoms with Crippen molar-refractivity contribution in [2.24, 2.45) is 0 Å². The summed E-state index contributed by atoms with van der Waals surface area (Å²) in [4.78, 5) is 34.3. The van der Waals surface area contributed by atoms with Gasteiger partial charge in [0, 0.05) is 31.5 Å². The average molecular weight is 367 g/mol. The third-order valence-corrected chi connectivity index (χ3v) is 4.52. The predicted molar refractivity (Wildman–Crippen MR) is 99.7 cm³/mol. The summed E-state index contributed by atoms with van der Waals surface area (Å²) in [5, 5.41) is 14.3. The minimum Gasteiger partial charge on any atom is -0.376 e. The van der Waals surface area contributed by atoms with Crippen LogP contribution < -0.4 is 10.9 Å². The van der Waals surface area contributed by atoms with Crippen molar-refractivity contribution in [3.8, 4) is 11.1 Å². The van der Waals surface area contributed by atoms with E-state index in [-0.39, 0.29) is 17.4 Å². The Morgan fingerprint density at radius 1 is 1.30 bits per heavy atom. The molecule has 2 N–H and O–H groups in total. The first-order chi connectivity index (χ1) is 13.1. The highest BCUT2D eigenvalue weighted by molar-refractivity contribution is 5.92. The molecule has 3 aromatic rings. The minimum absolute atomic E-state index is 0.00948. The lowest BCUT2D eigenvalue weighted by Crippen LogP contribution is -2.22. The third kappa shape index (κ3) is 3.49. The standard InChI is InChI=1S/C18H17N5O4/c24-17-15-14(11-3-5-12(6-4-11)23(25)26)7-8-19-16(15)21-18(22-17)20-10-13-2-1-9-27-13/h3-8,13H,1-2,9-10H2,(H2,19,20,21,22,24). The Hall–Kier alpha value is -3.33. The molecule has 1 aliphatic rings. The number of H-pyrrole nitrogens is 1. The van der Waals surface area contributed by atoms with Gasteiger partial charge < -0.3 is 10.1 Å². The number of aromatic nitrogens is 3. The zero-order valence-corrected chi connectivity index (χ0v) is 14.3. The maximum Gasteiger partial charge on any atom is 0.269 e. The van der Waals surface area contributed by atoms with E-state index in [1.54, 1.807) is 24.4 Å². The molecule has 1 saturated heterocycles. The fourth-order valence-corrected chi connectivity index (χ4v) is 3.17. The number of ether oxygens (including phenoxy) is 1. The Kier molecular flexibility index (Phi) is 4.51. The van der Waals surface area contributed by atoms with E-state index >= 15 is 0 Å². The molecule has 0 aliphatic carbocycles. The maximum atomic E-state index is 12.6. The van der Waals surface area contributed by atoms with Crippen molar-refractivity contribution in [2.75, 3.05) is 18.5 Å². The maximum absolute atomic E-state index is 12.6. The van der Waals surface area contributed by atoms with Crippen molar-refractivity contribution < 1.29 is 9.66 Å². The molecule has 1 aromatic carbocycles. The van der Waals surface area contributed by atoms with Crippen LogP contribution in [0.1, 0.15) is 12.8 Å². The first-order valence-corrected chi connectivity index (χ1v) is 8.61. The molecule has 0 saturated carbocycles. The molecule has 0 radical (unpaired) electrons. The predicted octanol–water partition coefficient (Wildman–Crippen LogP) is 2.48. The second-order valence-electron chi connectivity index (χ2n) is 6.29. The number of rotatable bonds is 5. The molecule has 138 valence electrons. The molecule has 1 fully saturated rings. The molecular formula is C18H17N5O4. The van der Waals surface area contributed by atoms with Crippen LogP contribution in [-0.4, -0.2) is 39.1 Å². The van der Waals surface area contributed by atoms with E-state index in [1.807, 2.05) is 0 Å². The van der Waals surface area contributed by atoms with Gasteiger partial charge in [0.2, 0.25) is 5.95 Å². The van der Waals surface area contributed by atoms with E-state index < -0.39 is 4.92 Å². The van der Waals surface area contributed by atoms with E-state index in [4.69, 9.17) is 4.74 Å². The molecule has 0 bridgehead atoms. The largest absolute Gasteiger partial charge is 0.376 e. The fourth-order valence-electron chi connectivity index (χ4n) is 3.17. The molecule has 27 heavy (non-hydrogen) atoms. The topological polar surface area (TPSA) is 123 Å². The van der Waals surface area contributed by atoms with Gasteiger partial charge in [-0.2, -0.15) is 4.98 Å². The van der Waals surface area contributed by atoms with E-state index in [0.717, 1.165) is 19.4 Å². The van der Waals surface area contributed by atoms with Gasteiger partial charge in [-0.15, -0.1) is 0 Å². The Morgan fingerprint density at radius 3 is 2.81 bits per heavy atom. The van der Waals surface area contributed by atoms with Crippen LogP contribution in [0.3, 0.4) is 0 Å². The molecular weight excluding hydrogens is 350 g/mol. The van der Waals surface area contributed by atoms with Crippen molar-refractivity contribution >= 4 is 22.7 Å². The van der Waals surface area contributed by atoms with Crippen LogP contribution >= 0.6 is 0 Å². The van der Waals surface area contributed by atoms with Gasteiger partial charge in [-0.05, 0) is 42.2 Å². The van der Waals surface area contributed by atoms with Gasteiger partial charge in [0.05, 0.1) is 16.4 Å². The van der Waals surface area contributed by atoms with Crippen LogP contribution in [0.15, 0.2) is 41.3 Å². The molecule has 2 aromatic heterocycles. The van der Waals surface area contributed by atoms with Gasteiger partial charge in [-0.1, -0.05) is 0 Å². The molecule has 1 unspecified atom stereocenters. The summed E-state index contributed by atoms with van der Waals surface area (Å²) in [6.07, 6.45) is 3.70. The Balaban J connectivity index is 1.68. The molecule has 0 amide bonds. The normalized spacial score (nSPS) is 16.5. The van der Waals surface area contributed by atoms with Gasteiger partial charge >= 0.3 is 0 Å². The Morgan fingerprint density at radius 2 is 2.11 bits per heavy atom. The van der Waals surface area contributed by atoms with Crippen LogP contribution in [0, 0.1) is 10.1 Å². The summed E-state index contributed by atoms with van der Waals surface area (Å²) >= 11 is 0. The van der Waals surface area contributed by atoms with Crippen molar-refractivity contribution in [1.29, 1.82) is 0 Å². The monoisotopic (exact) mass is 367 g/mol. The summed E-state index contributed by atoms with van der Waals surface area (Å²) < 4.78 is 5.55. The highest BCUT2D eigenvalue weighted by Gasteiger charge is 2.16. The first-order valence-electron chi connectivity index (χ1n) is 8.61. The van der Waals surface area contributed by atoms with Gasteiger partial charge in [0.1, 0.15) is 0 Å². The highest BCUT2D eigenvalue weighted by Crippen LogP contribution is 2.26. The number of hydrogen-bond donors (Lipinski definition) is 2. The van der Waals surface area contributed by atoms with Gasteiger partial charge in [0.15, 0.2) is 5.65 Å². The third-order valence-electron chi connectivity index (χ3n) is 4.52. The van der Waals surface area contributed by atoms with Crippen LogP contribution in [0.2, 0.25) is 0 Å². The summed E-state index contributed by atoms with van der Waals surface area (Å²) in [5.74, 6) is 0.344. The van der Waals surface area contributed by atoms with Gasteiger partial charge in [-0.25, -0.2) is 4.98 Å². The van der Waals surface area contributed by atoms with Crippen molar-refractivity contribution in [2.45, 2.75) is 18.9 Å². The Labute approximate surface area is 153 Å². The number of anilines is 1. The van der Waals surface area contributed by atoms with Crippen LogP contribution in [0.25, 0.3) is 22.2 Å². The summed E-state index contributed by atoms with van der Waals surface area (Å²) in [6, 6.07) is 7.72. The summed E-state index contributed by atoms with van der Waals surface area (Å²) in [6.45, 7) is 1.32. The lowest BCUT2D eigenvalue weighted by atomic mass is 10.0. The van der Waals surface area contributed by atoms with Crippen LogP contribution in [0.5, 0.6) is 0 Å². The van der Waals surface area contributed by atoms with Crippen molar-refractivity contribution in [3.63, 3.8) is 0 Å².